The Morgan fingerprint density at radius 3 is 2.42 bits per heavy atom. The molecule has 0 spiro atoms. The van der Waals surface area contributed by atoms with Gasteiger partial charge in [0.15, 0.2) is 0 Å². The fraction of sp³-hybridized carbons (Fsp3) is 0.276. The lowest BCUT2D eigenvalue weighted by atomic mass is 10.00. The predicted molar refractivity (Wildman–Crippen MR) is 146 cm³/mol. The van der Waals surface area contributed by atoms with E-state index in [0.717, 1.165) is 46.2 Å². The van der Waals surface area contributed by atoms with E-state index in [-0.39, 0.29) is 11.2 Å². The number of urea groups is 1. The third-order valence-electron chi connectivity index (χ3n) is 6.27. The van der Waals surface area contributed by atoms with E-state index < -0.39 is 6.03 Å². The second-order valence-corrected chi connectivity index (χ2v) is 9.02. The number of methoxy groups -OCH3 is 1. The maximum atomic E-state index is 13.9. The molecule has 186 valence electrons. The van der Waals surface area contributed by atoms with Crippen molar-refractivity contribution in [3.05, 3.63) is 81.8 Å². The van der Waals surface area contributed by atoms with Crippen LogP contribution in [0.1, 0.15) is 36.5 Å². The van der Waals surface area contributed by atoms with Crippen LogP contribution >= 0.6 is 0 Å². The fourth-order valence-corrected chi connectivity index (χ4v) is 4.63. The third-order valence-corrected chi connectivity index (χ3v) is 6.27. The monoisotopic (exact) mass is 484 g/mol. The van der Waals surface area contributed by atoms with Gasteiger partial charge in [0.25, 0.3) is 5.56 Å². The van der Waals surface area contributed by atoms with Crippen LogP contribution in [-0.2, 0) is 6.54 Å². The zero-order chi connectivity index (χ0) is 25.8. The van der Waals surface area contributed by atoms with Gasteiger partial charge in [-0.25, -0.2) is 9.78 Å². The first-order valence-corrected chi connectivity index (χ1v) is 12.2. The SMILES string of the molecule is CCCCn1c(=O)c(NC(=O)Nc2c(C)cc(C)cc2C)c(-c2cccc(OC)c2)c2cccnc21. The Morgan fingerprint density at radius 2 is 1.72 bits per heavy atom. The van der Waals surface area contributed by atoms with Crippen LogP contribution in [0.25, 0.3) is 22.2 Å². The Kier molecular flexibility index (Phi) is 7.38. The number of nitrogens with zero attached hydrogens (tertiary/aromatic N) is 2. The van der Waals surface area contributed by atoms with E-state index in [9.17, 15) is 9.59 Å². The first kappa shape index (κ1) is 25.0. The van der Waals surface area contributed by atoms with E-state index in [1.165, 1.54) is 0 Å². The van der Waals surface area contributed by atoms with E-state index in [2.05, 4.69) is 22.5 Å². The number of amides is 2. The van der Waals surface area contributed by atoms with Gasteiger partial charge in [-0.05, 0) is 68.1 Å². The Morgan fingerprint density at radius 1 is 1.00 bits per heavy atom. The van der Waals surface area contributed by atoms with Gasteiger partial charge in [0.2, 0.25) is 0 Å². The molecule has 36 heavy (non-hydrogen) atoms. The molecule has 2 aromatic carbocycles. The quantitative estimate of drug-likeness (QED) is 0.316. The van der Waals surface area contributed by atoms with Gasteiger partial charge < -0.3 is 15.4 Å². The van der Waals surface area contributed by atoms with Gasteiger partial charge >= 0.3 is 6.03 Å². The van der Waals surface area contributed by atoms with Crippen LogP contribution in [0.5, 0.6) is 5.75 Å². The van der Waals surface area contributed by atoms with Crippen molar-refractivity contribution in [2.45, 2.75) is 47.1 Å². The maximum Gasteiger partial charge on any atom is 0.323 e. The molecule has 7 heteroatoms. The van der Waals surface area contributed by atoms with Crippen molar-refractivity contribution in [3.8, 4) is 16.9 Å². The molecule has 4 rings (SSSR count). The molecule has 0 bridgehead atoms. The van der Waals surface area contributed by atoms with Crippen molar-refractivity contribution in [1.82, 2.24) is 9.55 Å². The van der Waals surface area contributed by atoms with Crippen molar-refractivity contribution >= 4 is 28.4 Å². The van der Waals surface area contributed by atoms with Gasteiger partial charge in [-0.1, -0.05) is 43.2 Å². The molecule has 2 heterocycles. The Labute approximate surface area is 211 Å². The summed E-state index contributed by atoms with van der Waals surface area (Å²) in [5.41, 5.74) is 5.64. The van der Waals surface area contributed by atoms with Crippen LogP contribution < -0.4 is 20.9 Å². The summed E-state index contributed by atoms with van der Waals surface area (Å²) >= 11 is 0. The summed E-state index contributed by atoms with van der Waals surface area (Å²) in [6, 6.07) is 14.8. The van der Waals surface area contributed by atoms with Crippen LogP contribution in [0.15, 0.2) is 59.5 Å². The molecule has 0 aliphatic rings. The van der Waals surface area contributed by atoms with Gasteiger partial charge in [0, 0.05) is 29.4 Å². The highest BCUT2D eigenvalue weighted by Crippen LogP contribution is 2.35. The Bertz CT molecular complexity index is 1470. The molecule has 0 atom stereocenters. The van der Waals surface area contributed by atoms with Gasteiger partial charge in [0.1, 0.15) is 17.1 Å². The van der Waals surface area contributed by atoms with Crippen LogP contribution in [0.3, 0.4) is 0 Å². The van der Waals surface area contributed by atoms with E-state index in [1.54, 1.807) is 17.9 Å². The smallest absolute Gasteiger partial charge is 0.323 e. The highest BCUT2D eigenvalue weighted by Gasteiger charge is 2.21. The molecule has 7 nitrogen and oxygen atoms in total. The first-order chi connectivity index (χ1) is 17.3. The number of benzene rings is 2. The number of rotatable bonds is 7. The standard InChI is InChI=1S/C29H32N4O3/c1-6-7-14-33-27-23(12-9-13-30-27)24(21-10-8-11-22(17-21)36-5)26(28(33)34)32-29(35)31-25-19(3)15-18(2)16-20(25)4/h8-13,15-17H,6-7,14H2,1-5H3,(H2,31,32,35). The topological polar surface area (TPSA) is 85.2 Å². The molecule has 4 aromatic rings. The minimum Gasteiger partial charge on any atom is -0.497 e. The predicted octanol–water partition coefficient (Wildman–Crippen LogP) is 6.44. The number of hydrogen-bond donors (Lipinski definition) is 2. The van der Waals surface area contributed by atoms with Crippen LogP contribution in [-0.4, -0.2) is 22.7 Å². The van der Waals surface area contributed by atoms with Crippen LogP contribution in [0, 0.1) is 20.8 Å². The van der Waals surface area contributed by atoms with Gasteiger partial charge in [-0.3, -0.25) is 9.36 Å². The van der Waals surface area contributed by atoms with Gasteiger partial charge in [-0.2, -0.15) is 0 Å². The number of aryl methyl sites for hydroxylation is 4. The molecule has 0 fully saturated rings. The molecule has 0 aliphatic carbocycles. The number of carbonyl (C=O) groups excluding carboxylic acids is 1. The summed E-state index contributed by atoms with van der Waals surface area (Å²) in [5.74, 6) is 0.654. The second kappa shape index (κ2) is 10.6. The van der Waals surface area contributed by atoms with Crippen LogP contribution in [0.2, 0.25) is 0 Å². The van der Waals surface area contributed by atoms with E-state index in [4.69, 9.17) is 4.74 Å². The zero-order valence-electron chi connectivity index (χ0n) is 21.4. The number of nitrogens with one attached hydrogen (secondary N) is 2. The van der Waals surface area contributed by atoms with Gasteiger partial charge in [-0.15, -0.1) is 0 Å². The molecule has 0 unspecified atom stereocenters. The number of pyridine rings is 2. The lowest BCUT2D eigenvalue weighted by Gasteiger charge is -2.19. The largest absolute Gasteiger partial charge is 0.497 e. The van der Waals surface area contributed by atoms with E-state index >= 15 is 0 Å². The average Bonchev–Trinajstić information content (AvgIpc) is 2.86. The maximum absolute atomic E-state index is 13.9. The summed E-state index contributed by atoms with van der Waals surface area (Å²) in [4.78, 5) is 31.7. The normalized spacial score (nSPS) is 10.9. The van der Waals surface area contributed by atoms with E-state index in [0.29, 0.717) is 23.5 Å². The fourth-order valence-electron chi connectivity index (χ4n) is 4.63. The van der Waals surface area contributed by atoms with E-state index in [1.807, 2.05) is 69.3 Å². The summed E-state index contributed by atoms with van der Waals surface area (Å²) in [6.45, 7) is 8.51. The average molecular weight is 485 g/mol. The molecule has 2 aromatic heterocycles. The second-order valence-electron chi connectivity index (χ2n) is 9.02. The summed E-state index contributed by atoms with van der Waals surface area (Å²) in [5, 5.41) is 6.62. The molecule has 0 aliphatic heterocycles. The molecule has 2 amide bonds. The lowest BCUT2D eigenvalue weighted by molar-refractivity contribution is 0.262. The van der Waals surface area contributed by atoms with Crippen molar-refractivity contribution in [2.24, 2.45) is 0 Å². The number of carbonyl (C=O) groups is 1. The van der Waals surface area contributed by atoms with Crippen LogP contribution in [0.4, 0.5) is 16.2 Å². The molecule has 0 radical (unpaired) electrons. The van der Waals surface area contributed by atoms with Crippen molar-refractivity contribution in [1.29, 1.82) is 0 Å². The summed E-state index contributed by atoms with van der Waals surface area (Å²) < 4.78 is 7.09. The highest BCUT2D eigenvalue weighted by molar-refractivity contribution is 6.07. The summed E-state index contributed by atoms with van der Waals surface area (Å²) in [6.07, 6.45) is 3.42. The highest BCUT2D eigenvalue weighted by atomic mass is 16.5. The Balaban J connectivity index is 1.89. The third kappa shape index (κ3) is 4.96. The molecular formula is C29H32N4O3. The summed E-state index contributed by atoms with van der Waals surface area (Å²) in [7, 11) is 1.60. The molecule has 0 saturated heterocycles. The minimum absolute atomic E-state index is 0.208. The molecular weight excluding hydrogens is 452 g/mol. The number of aromatic nitrogens is 2. The zero-order valence-corrected chi connectivity index (χ0v) is 21.4. The number of unbranched alkanes of at least 4 members (excludes halogenated alkanes) is 1. The number of anilines is 2. The number of hydrogen-bond acceptors (Lipinski definition) is 4. The van der Waals surface area contributed by atoms with Gasteiger partial charge in [0.05, 0.1) is 7.11 Å². The number of fused-ring (bicyclic) bond motifs is 1. The first-order valence-electron chi connectivity index (χ1n) is 12.2. The Hall–Kier alpha value is -4.13. The van der Waals surface area contributed by atoms with Crippen molar-refractivity contribution < 1.29 is 9.53 Å². The lowest BCUT2D eigenvalue weighted by Crippen LogP contribution is -2.30. The molecule has 0 saturated carbocycles. The van der Waals surface area contributed by atoms with Crippen molar-refractivity contribution in [2.75, 3.05) is 17.7 Å². The number of ether oxygens (including phenoxy) is 1. The minimum atomic E-state index is -0.475. The molecule has 2 N–H and O–H groups in total. The van der Waals surface area contributed by atoms with Crippen molar-refractivity contribution in [3.63, 3.8) is 0 Å².